The van der Waals surface area contributed by atoms with Crippen molar-refractivity contribution in [2.45, 2.75) is 32.6 Å². The molecule has 0 bridgehead atoms. The molecule has 0 heterocycles. The molecule has 21 heavy (non-hydrogen) atoms. The number of halogens is 2. The molecule has 1 unspecified atom stereocenters. The number of benzene rings is 2. The maximum absolute atomic E-state index is 13.8. The second-order valence-electron chi connectivity index (χ2n) is 5.27. The van der Waals surface area contributed by atoms with Gasteiger partial charge in [-0.05, 0) is 47.6 Å². The van der Waals surface area contributed by atoms with Crippen molar-refractivity contribution in [1.29, 1.82) is 0 Å². The van der Waals surface area contributed by atoms with E-state index in [4.69, 9.17) is 4.74 Å². The lowest BCUT2D eigenvalue weighted by Crippen LogP contribution is -2.03. The Morgan fingerprint density at radius 3 is 2.48 bits per heavy atom. The minimum absolute atomic E-state index is 0.0105. The minimum Gasteiger partial charge on any atom is -0.496 e. The fourth-order valence-corrected chi connectivity index (χ4v) is 2.60. The highest BCUT2D eigenvalue weighted by molar-refractivity contribution is 5.38. The van der Waals surface area contributed by atoms with Gasteiger partial charge in [0.2, 0.25) is 0 Å². The summed E-state index contributed by atoms with van der Waals surface area (Å²) < 4.78 is 32.1. The van der Waals surface area contributed by atoms with E-state index in [1.165, 1.54) is 12.1 Å². The van der Waals surface area contributed by atoms with Crippen molar-refractivity contribution >= 4 is 0 Å². The molecule has 3 heteroatoms. The Labute approximate surface area is 124 Å². The van der Waals surface area contributed by atoms with E-state index >= 15 is 0 Å². The zero-order valence-electron chi connectivity index (χ0n) is 12.6. The lowest BCUT2D eigenvalue weighted by atomic mass is 9.92. The fraction of sp³-hybridized carbons (Fsp3) is 0.333. The van der Waals surface area contributed by atoms with Gasteiger partial charge in [0.15, 0.2) is 0 Å². The highest BCUT2D eigenvalue weighted by Gasteiger charge is 2.13. The number of hydrogen-bond acceptors (Lipinski definition) is 1. The molecule has 0 amide bonds. The summed E-state index contributed by atoms with van der Waals surface area (Å²) in [5, 5.41) is 0. The van der Waals surface area contributed by atoms with Gasteiger partial charge in [-0.2, -0.15) is 0 Å². The van der Waals surface area contributed by atoms with Crippen LogP contribution in [0.25, 0.3) is 0 Å². The van der Waals surface area contributed by atoms with Crippen LogP contribution in [-0.2, 0) is 12.8 Å². The Bertz CT molecular complexity index is 623. The van der Waals surface area contributed by atoms with Gasteiger partial charge in [0.1, 0.15) is 17.4 Å². The second kappa shape index (κ2) is 6.70. The van der Waals surface area contributed by atoms with Gasteiger partial charge < -0.3 is 4.74 Å². The zero-order chi connectivity index (χ0) is 15.4. The first-order valence-corrected chi connectivity index (χ1v) is 7.15. The predicted octanol–water partition coefficient (Wildman–Crippen LogP) is 4.88. The molecule has 112 valence electrons. The highest BCUT2D eigenvalue weighted by Crippen LogP contribution is 2.26. The molecular weight excluding hydrogens is 270 g/mol. The van der Waals surface area contributed by atoms with Gasteiger partial charge in [0.25, 0.3) is 0 Å². The summed E-state index contributed by atoms with van der Waals surface area (Å²) in [5.74, 6) is -0.154. The molecule has 0 saturated heterocycles. The van der Waals surface area contributed by atoms with E-state index in [-0.39, 0.29) is 5.92 Å². The van der Waals surface area contributed by atoms with Crippen LogP contribution in [-0.4, -0.2) is 7.11 Å². The standard InChI is InChI=1S/C18H20F2O/c1-4-14-10-13(5-8-18(14)21-3)9-12(2)16-7-6-15(19)11-17(16)20/h5-8,10-12H,4,9H2,1-3H3. The van der Waals surface area contributed by atoms with Crippen LogP contribution in [0.4, 0.5) is 8.78 Å². The van der Waals surface area contributed by atoms with Gasteiger partial charge >= 0.3 is 0 Å². The van der Waals surface area contributed by atoms with Gasteiger partial charge in [-0.15, -0.1) is 0 Å². The molecule has 0 spiro atoms. The maximum atomic E-state index is 13.8. The van der Waals surface area contributed by atoms with Crippen molar-refractivity contribution in [2.24, 2.45) is 0 Å². The fourth-order valence-electron chi connectivity index (χ4n) is 2.60. The Balaban J connectivity index is 2.21. The van der Waals surface area contributed by atoms with E-state index < -0.39 is 11.6 Å². The largest absolute Gasteiger partial charge is 0.496 e. The van der Waals surface area contributed by atoms with Crippen LogP contribution in [0.1, 0.15) is 36.5 Å². The second-order valence-corrected chi connectivity index (χ2v) is 5.27. The van der Waals surface area contributed by atoms with Crippen molar-refractivity contribution in [3.63, 3.8) is 0 Å². The van der Waals surface area contributed by atoms with Gasteiger partial charge in [-0.25, -0.2) is 8.78 Å². The Kier molecular flexibility index (Phi) is 4.94. The third-order valence-corrected chi connectivity index (χ3v) is 3.76. The number of rotatable bonds is 5. The lowest BCUT2D eigenvalue weighted by Gasteiger charge is -2.15. The Hall–Kier alpha value is -1.90. The van der Waals surface area contributed by atoms with E-state index in [1.807, 2.05) is 19.1 Å². The Morgan fingerprint density at radius 1 is 1.10 bits per heavy atom. The molecule has 0 radical (unpaired) electrons. The van der Waals surface area contributed by atoms with Crippen LogP contribution in [0.2, 0.25) is 0 Å². The van der Waals surface area contributed by atoms with Gasteiger partial charge in [0.05, 0.1) is 7.11 Å². The van der Waals surface area contributed by atoms with Crippen molar-refractivity contribution in [3.05, 3.63) is 64.7 Å². The molecule has 1 atom stereocenters. The number of ether oxygens (including phenoxy) is 1. The van der Waals surface area contributed by atoms with Crippen LogP contribution in [0.3, 0.4) is 0 Å². The third-order valence-electron chi connectivity index (χ3n) is 3.76. The van der Waals surface area contributed by atoms with E-state index in [0.717, 1.165) is 29.4 Å². The summed E-state index contributed by atoms with van der Waals surface area (Å²) in [7, 11) is 1.66. The normalized spacial score (nSPS) is 12.2. The molecule has 2 aromatic rings. The Morgan fingerprint density at radius 2 is 1.86 bits per heavy atom. The molecule has 0 saturated carbocycles. The number of methoxy groups -OCH3 is 1. The summed E-state index contributed by atoms with van der Waals surface area (Å²) in [5.41, 5.74) is 2.82. The first-order valence-electron chi connectivity index (χ1n) is 7.15. The zero-order valence-corrected chi connectivity index (χ0v) is 12.6. The molecule has 0 aliphatic heterocycles. The summed E-state index contributed by atoms with van der Waals surface area (Å²) >= 11 is 0. The van der Waals surface area contributed by atoms with Crippen LogP contribution < -0.4 is 4.74 Å². The monoisotopic (exact) mass is 290 g/mol. The molecule has 2 aromatic carbocycles. The van der Waals surface area contributed by atoms with Crippen LogP contribution in [0, 0.1) is 11.6 Å². The smallest absolute Gasteiger partial charge is 0.129 e. The number of aryl methyl sites for hydroxylation is 1. The summed E-state index contributed by atoms with van der Waals surface area (Å²) in [6.45, 7) is 4.02. The van der Waals surface area contributed by atoms with E-state index in [0.29, 0.717) is 12.0 Å². The molecule has 0 N–H and O–H groups in total. The summed E-state index contributed by atoms with van der Waals surface area (Å²) in [6.07, 6.45) is 1.59. The maximum Gasteiger partial charge on any atom is 0.129 e. The van der Waals surface area contributed by atoms with E-state index in [2.05, 4.69) is 13.0 Å². The van der Waals surface area contributed by atoms with Gasteiger partial charge in [0, 0.05) is 6.07 Å². The van der Waals surface area contributed by atoms with E-state index in [9.17, 15) is 8.78 Å². The highest BCUT2D eigenvalue weighted by atomic mass is 19.1. The molecule has 1 nitrogen and oxygen atoms in total. The number of hydrogen-bond donors (Lipinski definition) is 0. The molecule has 0 aliphatic rings. The average Bonchev–Trinajstić information content (AvgIpc) is 2.46. The van der Waals surface area contributed by atoms with Crippen LogP contribution in [0.15, 0.2) is 36.4 Å². The van der Waals surface area contributed by atoms with Crippen molar-refractivity contribution < 1.29 is 13.5 Å². The van der Waals surface area contributed by atoms with Gasteiger partial charge in [-0.1, -0.05) is 32.0 Å². The first-order chi connectivity index (χ1) is 10.0. The van der Waals surface area contributed by atoms with Crippen molar-refractivity contribution in [3.8, 4) is 5.75 Å². The van der Waals surface area contributed by atoms with Crippen LogP contribution >= 0.6 is 0 Å². The molecule has 0 aliphatic carbocycles. The molecule has 0 aromatic heterocycles. The molecule has 2 rings (SSSR count). The van der Waals surface area contributed by atoms with Gasteiger partial charge in [-0.3, -0.25) is 0 Å². The third kappa shape index (κ3) is 3.60. The summed E-state index contributed by atoms with van der Waals surface area (Å²) in [6, 6.07) is 9.81. The van der Waals surface area contributed by atoms with Crippen molar-refractivity contribution in [2.75, 3.05) is 7.11 Å². The quantitative estimate of drug-likeness (QED) is 0.762. The molecule has 0 fully saturated rings. The lowest BCUT2D eigenvalue weighted by molar-refractivity contribution is 0.410. The van der Waals surface area contributed by atoms with Crippen LogP contribution in [0.5, 0.6) is 5.75 Å². The topological polar surface area (TPSA) is 9.23 Å². The minimum atomic E-state index is -0.541. The average molecular weight is 290 g/mol. The summed E-state index contributed by atoms with van der Waals surface area (Å²) in [4.78, 5) is 0. The predicted molar refractivity (Wildman–Crippen MR) is 80.8 cm³/mol. The van der Waals surface area contributed by atoms with Crippen molar-refractivity contribution in [1.82, 2.24) is 0 Å². The SMILES string of the molecule is CCc1cc(CC(C)c2ccc(F)cc2F)ccc1OC. The van der Waals surface area contributed by atoms with E-state index in [1.54, 1.807) is 7.11 Å². The molecular formula is C18H20F2O. The first kappa shape index (κ1) is 15.5.